The number of furan rings is 1. The molecule has 5 rings (SSSR count). The summed E-state index contributed by atoms with van der Waals surface area (Å²) in [6.45, 7) is 0.896. The molecule has 2 heterocycles. The van der Waals surface area contributed by atoms with Gasteiger partial charge in [0.15, 0.2) is 17.3 Å². The molecule has 3 aromatic carbocycles. The Bertz CT molecular complexity index is 1260. The number of ether oxygens (including phenoxy) is 2. The molecule has 0 atom stereocenters. The van der Waals surface area contributed by atoms with E-state index in [1.54, 1.807) is 54.6 Å². The lowest BCUT2D eigenvalue weighted by Gasteiger charge is -2.18. The van der Waals surface area contributed by atoms with E-state index in [1.165, 1.54) is 0 Å². The van der Waals surface area contributed by atoms with Gasteiger partial charge in [-0.2, -0.15) is 0 Å². The zero-order valence-electron chi connectivity index (χ0n) is 15.9. The van der Waals surface area contributed by atoms with E-state index in [0.717, 1.165) is 0 Å². The summed E-state index contributed by atoms with van der Waals surface area (Å²) < 4.78 is 17.0. The van der Waals surface area contributed by atoms with Crippen molar-refractivity contribution in [3.05, 3.63) is 89.7 Å². The maximum absolute atomic E-state index is 13.3. The van der Waals surface area contributed by atoms with Crippen molar-refractivity contribution in [2.24, 2.45) is 0 Å². The van der Waals surface area contributed by atoms with Crippen molar-refractivity contribution in [1.82, 2.24) is 0 Å². The van der Waals surface area contributed by atoms with E-state index in [4.69, 9.17) is 13.9 Å². The van der Waals surface area contributed by atoms with Gasteiger partial charge in [-0.1, -0.05) is 30.3 Å². The fraction of sp³-hybridized carbons (Fsp3) is 0.0833. The van der Waals surface area contributed by atoms with E-state index >= 15 is 0 Å². The van der Waals surface area contributed by atoms with Gasteiger partial charge in [0.05, 0.1) is 5.69 Å². The molecule has 0 saturated carbocycles. The van der Waals surface area contributed by atoms with E-state index < -0.39 is 0 Å². The Labute approximate surface area is 172 Å². The molecule has 0 radical (unpaired) electrons. The SMILES string of the molecule is O=C(Nc1c(C(=O)c2ccc3c(c2)OCCO3)oc2ccccc12)c1ccccc1. The molecule has 1 N–H and O–H groups in total. The number of anilines is 1. The minimum absolute atomic E-state index is 0.0668. The van der Waals surface area contributed by atoms with E-state index in [0.29, 0.717) is 52.5 Å². The largest absolute Gasteiger partial charge is 0.486 e. The van der Waals surface area contributed by atoms with Crippen molar-refractivity contribution in [3.63, 3.8) is 0 Å². The number of fused-ring (bicyclic) bond motifs is 2. The number of para-hydroxylation sites is 1. The van der Waals surface area contributed by atoms with Gasteiger partial charge >= 0.3 is 0 Å². The molecule has 1 amide bonds. The molecule has 0 bridgehead atoms. The van der Waals surface area contributed by atoms with Gasteiger partial charge in [0.2, 0.25) is 5.78 Å². The van der Waals surface area contributed by atoms with Crippen molar-refractivity contribution in [2.45, 2.75) is 0 Å². The third-order valence-electron chi connectivity index (χ3n) is 4.88. The second-order valence-corrected chi connectivity index (χ2v) is 6.81. The number of nitrogens with one attached hydrogen (secondary N) is 1. The van der Waals surface area contributed by atoms with Crippen LogP contribution in [0.1, 0.15) is 26.5 Å². The van der Waals surface area contributed by atoms with Gasteiger partial charge < -0.3 is 19.2 Å². The smallest absolute Gasteiger partial charge is 0.255 e. The minimum atomic E-state index is -0.355. The van der Waals surface area contributed by atoms with Gasteiger partial charge in [0.25, 0.3) is 5.91 Å². The lowest BCUT2D eigenvalue weighted by Crippen LogP contribution is -2.16. The van der Waals surface area contributed by atoms with Crippen LogP contribution in [-0.4, -0.2) is 24.9 Å². The van der Waals surface area contributed by atoms with Crippen molar-refractivity contribution < 1.29 is 23.5 Å². The number of hydrogen-bond donors (Lipinski definition) is 1. The minimum Gasteiger partial charge on any atom is -0.486 e. The summed E-state index contributed by atoms with van der Waals surface area (Å²) in [6.07, 6.45) is 0. The molecule has 6 heteroatoms. The molecule has 0 unspecified atom stereocenters. The molecule has 0 aliphatic carbocycles. The van der Waals surface area contributed by atoms with Gasteiger partial charge in [-0.05, 0) is 42.5 Å². The Kier molecular flexibility index (Phi) is 4.44. The predicted molar refractivity (Wildman–Crippen MR) is 111 cm³/mol. The summed E-state index contributed by atoms with van der Waals surface area (Å²) in [5, 5.41) is 3.51. The summed E-state index contributed by atoms with van der Waals surface area (Å²) in [6, 6.07) is 21.0. The van der Waals surface area contributed by atoms with Crippen molar-refractivity contribution in [3.8, 4) is 11.5 Å². The monoisotopic (exact) mass is 399 g/mol. The van der Waals surface area contributed by atoms with Gasteiger partial charge in [-0.3, -0.25) is 9.59 Å². The van der Waals surface area contributed by atoms with Crippen LogP contribution in [0.2, 0.25) is 0 Å². The maximum Gasteiger partial charge on any atom is 0.255 e. The topological polar surface area (TPSA) is 77.8 Å². The molecule has 0 fully saturated rings. The molecule has 1 aromatic heterocycles. The number of carbonyl (C=O) groups excluding carboxylic acids is 2. The predicted octanol–water partition coefficient (Wildman–Crippen LogP) is 4.69. The van der Waals surface area contributed by atoms with Crippen LogP contribution in [0.5, 0.6) is 11.5 Å². The number of benzene rings is 3. The molecule has 30 heavy (non-hydrogen) atoms. The molecule has 148 valence electrons. The van der Waals surface area contributed by atoms with Gasteiger partial charge in [-0.15, -0.1) is 0 Å². The lowest BCUT2D eigenvalue weighted by atomic mass is 10.1. The zero-order valence-corrected chi connectivity index (χ0v) is 15.9. The Balaban J connectivity index is 1.56. The average Bonchev–Trinajstić information content (AvgIpc) is 3.17. The normalized spacial score (nSPS) is 12.5. The van der Waals surface area contributed by atoms with Crippen LogP contribution in [0.15, 0.2) is 77.2 Å². The molecule has 1 aliphatic heterocycles. The molecule has 1 aliphatic rings. The van der Waals surface area contributed by atoms with Gasteiger partial charge in [-0.25, -0.2) is 0 Å². The zero-order chi connectivity index (χ0) is 20.5. The van der Waals surface area contributed by atoms with Crippen LogP contribution in [0.3, 0.4) is 0 Å². The van der Waals surface area contributed by atoms with Gasteiger partial charge in [0, 0.05) is 16.5 Å². The summed E-state index contributed by atoms with van der Waals surface area (Å²) in [7, 11) is 0. The summed E-state index contributed by atoms with van der Waals surface area (Å²) >= 11 is 0. The highest BCUT2D eigenvalue weighted by Crippen LogP contribution is 2.35. The first-order valence-electron chi connectivity index (χ1n) is 9.53. The van der Waals surface area contributed by atoms with Crippen LogP contribution in [0.25, 0.3) is 11.0 Å². The summed E-state index contributed by atoms with van der Waals surface area (Å²) in [5.41, 5.74) is 1.73. The maximum atomic E-state index is 13.3. The van der Waals surface area contributed by atoms with Crippen LogP contribution >= 0.6 is 0 Å². The number of ketones is 1. The van der Waals surface area contributed by atoms with Crippen LogP contribution < -0.4 is 14.8 Å². The first kappa shape index (κ1) is 18.0. The van der Waals surface area contributed by atoms with E-state index in [2.05, 4.69) is 5.32 Å². The van der Waals surface area contributed by atoms with Crippen LogP contribution in [0, 0.1) is 0 Å². The molecular formula is C24H17NO5. The highest BCUT2D eigenvalue weighted by molar-refractivity contribution is 6.19. The highest BCUT2D eigenvalue weighted by Gasteiger charge is 2.25. The van der Waals surface area contributed by atoms with Crippen LogP contribution in [-0.2, 0) is 0 Å². The molecule has 6 nitrogen and oxygen atoms in total. The molecule has 0 spiro atoms. The first-order chi connectivity index (χ1) is 14.7. The van der Waals surface area contributed by atoms with Crippen molar-refractivity contribution in [2.75, 3.05) is 18.5 Å². The van der Waals surface area contributed by atoms with Gasteiger partial charge in [0.1, 0.15) is 18.8 Å². The molecule has 0 saturated heterocycles. The second-order valence-electron chi connectivity index (χ2n) is 6.81. The third-order valence-corrected chi connectivity index (χ3v) is 4.88. The van der Waals surface area contributed by atoms with Crippen molar-refractivity contribution in [1.29, 1.82) is 0 Å². The first-order valence-corrected chi connectivity index (χ1v) is 9.53. The molecular weight excluding hydrogens is 382 g/mol. The standard InChI is InChI=1S/C24H17NO5/c26-22(16-10-11-19-20(14-16)29-13-12-28-19)23-21(17-8-4-5-9-18(17)30-23)25-24(27)15-6-2-1-3-7-15/h1-11,14H,12-13H2,(H,25,27). The lowest BCUT2D eigenvalue weighted by molar-refractivity contribution is 0.101. The van der Waals surface area contributed by atoms with E-state index in [9.17, 15) is 9.59 Å². The number of carbonyl (C=O) groups is 2. The Morgan fingerprint density at radius 1 is 0.767 bits per heavy atom. The highest BCUT2D eigenvalue weighted by atomic mass is 16.6. The Morgan fingerprint density at radius 3 is 2.33 bits per heavy atom. The average molecular weight is 399 g/mol. The number of amides is 1. The number of rotatable bonds is 4. The molecule has 4 aromatic rings. The quantitative estimate of drug-likeness (QED) is 0.504. The van der Waals surface area contributed by atoms with Crippen molar-refractivity contribution >= 4 is 28.3 Å². The second kappa shape index (κ2) is 7.40. The van der Waals surface area contributed by atoms with E-state index in [1.807, 2.05) is 18.2 Å². The summed E-state index contributed by atoms with van der Waals surface area (Å²) in [4.78, 5) is 26.1. The number of hydrogen-bond acceptors (Lipinski definition) is 5. The fourth-order valence-corrected chi connectivity index (χ4v) is 3.42. The fourth-order valence-electron chi connectivity index (χ4n) is 3.42. The van der Waals surface area contributed by atoms with E-state index in [-0.39, 0.29) is 17.5 Å². The summed E-state index contributed by atoms with van der Waals surface area (Å²) in [5.74, 6) is 0.500. The Morgan fingerprint density at radius 2 is 1.50 bits per heavy atom. The Hall–Kier alpha value is -4.06. The van der Waals surface area contributed by atoms with Crippen LogP contribution in [0.4, 0.5) is 5.69 Å². The third kappa shape index (κ3) is 3.18.